The molecule has 5 nitrogen and oxygen atoms in total. The molecule has 0 fully saturated rings. The predicted molar refractivity (Wildman–Crippen MR) is 148 cm³/mol. The Hall–Kier alpha value is -2.38. The van der Waals surface area contributed by atoms with Crippen molar-refractivity contribution in [3.63, 3.8) is 0 Å². The van der Waals surface area contributed by atoms with E-state index in [1.165, 1.54) is 4.68 Å². The lowest BCUT2D eigenvalue weighted by Crippen LogP contribution is -2.29. The molecule has 0 unspecified atom stereocenters. The summed E-state index contributed by atoms with van der Waals surface area (Å²) in [5.74, 6) is 1.07. The first-order chi connectivity index (χ1) is 16.5. The summed E-state index contributed by atoms with van der Waals surface area (Å²) in [6.07, 6.45) is 1.55. The lowest BCUT2D eigenvalue weighted by Gasteiger charge is -2.21. The van der Waals surface area contributed by atoms with Crippen LogP contribution in [0.4, 0.5) is 0 Å². The first kappa shape index (κ1) is 25.7. The van der Waals surface area contributed by atoms with E-state index in [2.05, 4.69) is 21.0 Å². The SMILES string of the molecule is CC(C)(C)c1nc2ccc(Br)cc2c(=O)n1N=Cc1cc(Cl)ccc1OCc1ccc(Cl)cc1Cl. The number of halogens is 4. The normalized spacial score (nSPS) is 12.0. The van der Waals surface area contributed by atoms with Crippen molar-refractivity contribution in [1.29, 1.82) is 0 Å². The number of nitrogens with zero attached hydrogens (tertiary/aromatic N) is 3. The van der Waals surface area contributed by atoms with Gasteiger partial charge in [-0.1, -0.05) is 77.6 Å². The van der Waals surface area contributed by atoms with Crippen LogP contribution in [0.5, 0.6) is 5.75 Å². The molecule has 3 aromatic carbocycles. The molecule has 0 amide bonds. The second-order valence-electron chi connectivity index (χ2n) is 8.91. The third kappa shape index (κ3) is 5.89. The van der Waals surface area contributed by atoms with Crippen LogP contribution in [0.15, 0.2) is 69.0 Å². The van der Waals surface area contributed by atoms with Gasteiger partial charge >= 0.3 is 0 Å². The zero-order valence-corrected chi connectivity index (χ0v) is 23.0. The number of aromatic nitrogens is 2. The number of hydrogen-bond donors (Lipinski definition) is 0. The van der Waals surface area contributed by atoms with Crippen LogP contribution < -0.4 is 10.3 Å². The molecule has 1 aromatic heterocycles. The molecular formula is C26H21BrCl3N3O2. The Balaban J connectivity index is 1.75. The van der Waals surface area contributed by atoms with Crippen molar-refractivity contribution in [2.75, 3.05) is 0 Å². The van der Waals surface area contributed by atoms with Gasteiger partial charge in [0.2, 0.25) is 0 Å². The highest BCUT2D eigenvalue weighted by molar-refractivity contribution is 9.10. The zero-order chi connectivity index (χ0) is 25.3. The van der Waals surface area contributed by atoms with Crippen molar-refractivity contribution in [2.45, 2.75) is 32.8 Å². The number of benzene rings is 3. The Morgan fingerprint density at radius 2 is 1.74 bits per heavy atom. The Morgan fingerprint density at radius 3 is 2.46 bits per heavy atom. The van der Waals surface area contributed by atoms with Crippen molar-refractivity contribution < 1.29 is 4.74 Å². The number of hydrogen-bond acceptors (Lipinski definition) is 4. The summed E-state index contributed by atoms with van der Waals surface area (Å²) in [5.41, 5.74) is 1.29. The Labute approximate surface area is 226 Å². The van der Waals surface area contributed by atoms with E-state index < -0.39 is 5.41 Å². The van der Waals surface area contributed by atoms with Crippen molar-refractivity contribution in [1.82, 2.24) is 9.66 Å². The van der Waals surface area contributed by atoms with Gasteiger partial charge in [0.15, 0.2) is 0 Å². The number of fused-ring (bicyclic) bond motifs is 1. The summed E-state index contributed by atoms with van der Waals surface area (Å²) >= 11 is 21.9. The lowest BCUT2D eigenvalue weighted by atomic mass is 9.95. The van der Waals surface area contributed by atoms with E-state index in [-0.39, 0.29) is 12.2 Å². The molecule has 0 saturated heterocycles. The lowest BCUT2D eigenvalue weighted by molar-refractivity contribution is 0.306. The van der Waals surface area contributed by atoms with Crippen LogP contribution in [0.25, 0.3) is 10.9 Å². The van der Waals surface area contributed by atoms with Crippen LogP contribution >= 0.6 is 50.7 Å². The molecule has 0 atom stereocenters. The molecular weight excluding hydrogens is 573 g/mol. The Kier molecular flexibility index (Phi) is 7.57. The molecule has 0 saturated carbocycles. The van der Waals surface area contributed by atoms with Gasteiger partial charge in [0, 0.05) is 36.1 Å². The number of ether oxygens (including phenoxy) is 1. The van der Waals surface area contributed by atoms with Crippen molar-refractivity contribution in [2.24, 2.45) is 5.10 Å². The fourth-order valence-electron chi connectivity index (χ4n) is 3.41. The maximum atomic E-state index is 13.4. The zero-order valence-electron chi connectivity index (χ0n) is 19.2. The van der Waals surface area contributed by atoms with Crippen molar-refractivity contribution >= 4 is 67.9 Å². The summed E-state index contributed by atoms with van der Waals surface area (Å²) in [4.78, 5) is 18.1. The van der Waals surface area contributed by atoms with Crippen LogP contribution in [0.3, 0.4) is 0 Å². The maximum Gasteiger partial charge on any atom is 0.282 e. The van der Waals surface area contributed by atoms with Crippen LogP contribution in [-0.4, -0.2) is 15.9 Å². The van der Waals surface area contributed by atoms with Gasteiger partial charge in [-0.15, -0.1) is 0 Å². The van der Waals surface area contributed by atoms with Gasteiger partial charge in [-0.05, 0) is 48.5 Å². The van der Waals surface area contributed by atoms with Crippen molar-refractivity contribution in [3.05, 3.63) is 101 Å². The summed E-state index contributed by atoms with van der Waals surface area (Å²) in [7, 11) is 0. The van der Waals surface area contributed by atoms with E-state index in [1.807, 2.05) is 39.0 Å². The van der Waals surface area contributed by atoms with Gasteiger partial charge in [-0.3, -0.25) is 4.79 Å². The minimum absolute atomic E-state index is 0.219. The predicted octanol–water partition coefficient (Wildman–Crippen LogP) is 7.88. The largest absolute Gasteiger partial charge is 0.488 e. The standard InChI is InChI=1S/C26H21BrCl3N3O2/c1-26(2,3)25-32-22-8-5-17(27)11-20(22)24(34)33(25)31-13-16-10-18(28)7-9-23(16)35-14-15-4-6-19(29)12-21(15)30/h4-13H,14H2,1-3H3. The Morgan fingerprint density at radius 1 is 1.03 bits per heavy atom. The molecule has 4 rings (SSSR count). The molecule has 0 bridgehead atoms. The molecule has 0 radical (unpaired) electrons. The van der Waals surface area contributed by atoms with E-state index in [0.717, 1.165) is 10.0 Å². The molecule has 9 heteroatoms. The van der Waals surface area contributed by atoms with E-state index in [0.29, 0.717) is 43.1 Å². The molecule has 4 aromatic rings. The monoisotopic (exact) mass is 591 g/mol. The fraction of sp³-hybridized carbons (Fsp3) is 0.192. The maximum absolute atomic E-state index is 13.4. The third-order valence-corrected chi connectivity index (χ3v) is 6.48. The minimum Gasteiger partial charge on any atom is -0.488 e. The second kappa shape index (κ2) is 10.3. The summed E-state index contributed by atoms with van der Waals surface area (Å²) in [6.45, 7) is 6.16. The van der Waals surface area contributed by atoms with Gasteiger partial charge < -0.3 is 4.74 Å². The highest BCUT2D eigenvalue weighted by Crippen LogP contribution is 2.27. The molecule has 180 valence electrons. The summed E-state index contributed by atoms with van der Waals surface area (Å²) < 4.78 is 8.13. The van der Waals surface area contributed by atoms with Crippen molar-refractivity contribution in [3.8, 4) is 5.75 Å². The molecule has 0 aliphatic heterocycles. The third-order valence-electron chi connectivity index (χ3n) is 5.16. The van der Waals surface area contributed by atoms with Gasteiger partial charge in [0.25, 0.3) is 5.56 Å². The first-order valence-corrected chi connectivity index (χ1v) is 12.6. The highest BCUT2D eigenvalue weighted by Gasteiger charge is 2.23. The topological polar surface area (TPSA) is 56.5 Å². The smallest absolute Gasteiger partial charge is 0.282 e. The summed E-state index contributed by atoms with van der Waals surface area (Å²) in [5, 5.41) is 6.56. The van der Waals surface area contributed by atoms with E-state index in [4.69, 9.17) is 44.5 Å². The Bertz CT molecular complexity index is 1510. The summed E-state index contributed by atoms with van der Waals surface area (Å²) in [6, 6.07) is 15.8. The fourth-order valence-corrected chi connectivity index (χ4v) is 4.41. The average Bonchev–Trinajstić information content (AvgIpc) is 2.78. The van der Waals surface area contributed by atoms with Gasteiger partial charge in [0.1, 0.15) is 18.2 Å². The first-order valence-electron chi connectivity index (χ1n) is 10.7. The van der Waals surface area contributed by atoms with Crippen LogP contribution in [0, 0.1) is 0 Å². The quantitative estimate of drug-likeness (QED) is 0.221. The molecule has 0 aliphatic carbocycles. The van der Waals surface area contributed by atoms with Crippen LogP contribution in [0.1, 0.15) is 37.7 Å². The number of rotatable bonds is 5. The molecule has 1 heterocycles. The molecule has 0 aliphatic rings. The van der Waals surface area contributed by atoms with E-state index >= 15 is 0 Å². The van der Waals surface area contributed by atoms with E-state index in [1.54, 1.807) is 42.6 Å². The highest BCUT2D eigenvalue weighted by atomic mass is 79.9. The van der Waals surface area contributed by atoms with E-state index in [9.17, 15) is 4.79 Å². The second-order valence-corrected chi connectivity index (χ2v) is 11.1. The average molecular weight is 594 g/mol. The van der Waals surface area contributed by atoms with Gasteiger partial charge in [-0.25, -0.2) is 4.98 Å². The molecule has 35 heavy (non-hydrogen) atoms. The molecule has 0 N–H and O–H groups in total. The van der Waals surface area contributed by atoms with Crippen LogP contribution in [0.2, 0.25) is 15.1 Å². The van der Waals surface area contributed by atoms with Gasteiger partial charge in [-0.2, -0.15) is 9.78 Å². The molecule has 0 spiro atoms. The van der Waals surface area contributed by atoms with Crippen LogP contribution in [-0.2, 0) is 12.0 Å². The minimum atomic E-state index is -0.434. The van der Waals surface area contributed by atoms with Gasteiger partial charge in [0.05, 0.1) is 17.1 Å².